The number of rotatable bonds is 4. The van der Waals surface area contributed by atoms with Crippen LogP contribution in [0.4, 0.5) is 0 Å². The Hall–Kier alpha value is -1.71. The Morgan fingerprint density at radius 2 is 2.00 bits per heavy atom. The van der Waals surface area contributed by atoms with Crippen LogP contribution < -0.4 is 5.32 Å². The van der Waals surface area contributed by atoms with Crippen LogP contribution >= 0.6 is 0 Å². The molecule has 3 heteroatoms. The Balaban J connectivity index is 1.65. The summed E-state index contributed by atoms with van der Waals surface area (Å²) in [6, 6.07) is 12.9. The van der Waals surface area contributed by atoms with Crippen LogP contribution in [0.25, 0.3) is 0 Å². The molecule has 2 heterocycles. The smallest absolute Gasteiger partial charge is 0.0543 e. The summed E-state index contributed by atoms with van der Waals surface area (Å²) in [6.45, 7) is 3.87. The van der Waals surface area contributed by atoms with Gasteiger partial charge in [0.1, 0.15) is 0 Å². The van der Waals surface area contributed by atoms with Crippen molar-refractivity contribution >= 4 is 0 Å². The summed E-state index contributed by atoms with van der Waals surface area (Å²) in [4.78, 5) is 6.66. The van der Waals surface area contributed by atoms with E-state index in [1.54, 1.807) is 0 Å². The molecular weight excluding hydrogens is 234 g/mol. The molecule has 0 saturated carbocycles. The second-order valence-electron chi connectivity index (χ2n) is 5.20. The van der Waals surface area contributed by atoms with Gasteiger partial charge in [0.05, 0.1) is 5.69 Å². The summed E-state index contributed by atoms with van der Waals surface area (Å²) < 4.78 is 0. The van der Waals surface area contributed by atoms with E-state index >= 15 is 0 Å². The highest BCUT2D eigenvalue weighted by Gasteiger charge is 2.10. The van der Waals surface area contributed by atoms with Crippen molar-refractivity contribution in [1.29, 1.82) is 0 Å². The summed E-state index contributed by atoms with van der Waals surface area (Å²) in [5.41, 5.74) is 5.38. The van der Waals surface area contributed by atoms with Crippen LogP contribution in [0.15, 0.2) is 42.6 Å². The molecule has 1 aliphatic heterocycles. The summed E-state index contributed by atoms with van der Waals surface area (Å²) in [5.74, 6) is 0. The first-order chi connectivity index (χ1) is 9.31. The Morgan fingerprint density at radius 1 is 1.11 bits per heavy atom. The molecule has 19 heavy (non-hydrogen) atoms. The van der Waals surface area contributed by atoms with E-state index < -0.39 is 0 Å². The quantitative estimate of drug-likeness (QED) is 0.906. The molecule has 98 valence electrons. The molecule has 1 aliphatic rings. The van der Waals surface area contributed by atoms with E-state index in [1.807, 2.05) is 18.3 Å². The second-order valence-corrected chi connectivity index (χ2v) is 5.20. The fraction of sp³-hybridized carbons (Fsp3) is 0.312. The molecule has 3 rings (SSSR count). The van der Waals surface area contributed by atoms with E-state index in [1.165, 1.54) is 16.7 Å². The van der Waals surface area contributed by atoms with Gasteiger partial charge in [0.25, 0.3) is 0 Å². The van der Waals surface area contributed by atoms with Crippen molar-refractivity contribution in [2.75, 3.05) is 7.05 Å². The molecule has 1 aromatic heterocycles. The van der Waals surface area contributed by atoms with E-state index in [0.717, 1.165) is 31.9 Å². The Kier molecular flexibility index (Phi) is 3.58. The van der Waals surface area contributed by atoms with Crippen molar-refractivity contribution < 1.29 is 0 Å². The highest BCUT2D eigenvalue weighted by Crippen LogP contribution is 2.18. The molecule has 0 atom stereocenters. The molecule has 0 unspecified atom stereocenters. The minimum atomic E-state index is 0.885. The van der Waals surface area contributed by atoms with Crippen molar-refractivity contribution in [2.45, 2.75) is 26.2 Å². The average Bonchev–Trinajstić information content (AvgIpc) is 2.87. The van der Waals surface area contributed by atoms with Gasteiger partial charge < -0.3 is 5.32 Å². The van der Waals surface area contributed by atoms with E-state index in [9.17, 15) is 0 Å². The number of fused-ring (bicyclic) bond motifs is 1. The maximum Gasteiger partial charge on any atom is 0.0543 e. The highest BCUT2D eigenvalue weighted by atomic mass is 15.1. The third-order valence-corrected chi connectivity index (χ3v) is 3.51. The molecule has 2 aromatic rings. The molecular formula is C16H19N3. The Bertz CT molecular complexity index is 551. The molecule has 1 N–H and O–H groups in total. The van der Waals surface area contributed by atoms with Gasteiger partial charge in [-0.2, -0.15) is 0 Å². The molecule has 0 amide bonds. The lowest BCUT2D eigenvalue weighted by Gasteiger charge is -2.16. The first kappa shape index (κ1) is 12.3. The minimum absolute atomic E-state index is 0.885. The number of benzene rings is 1. The predicted molar refractivity (Wildman–Crippen MR) is 76.4 cm³/mol. The number of hydrogen-bond acceptors (Lipinski definition) is 3. The van der Waals surface area contributed by atoms with Crippen molar-refractivity contribution in [3.63, 3.8) is 0 Å². The van der Waals surface area contributed by atoms with Crippen molar-refractivity contribution in [1.82, 2.24) is 15.2 Å². The number of aromatic nitrogens is 1. The van der Waals surface area contributed by atoms with Gasteiger partial charge in [-0.1, -0.05) is 24.3 Å². The fourth-order valence-corrected chi connectivity index (χ4v) is 2.58. The molecule has 0 bridgehead atoms. The zero-order valence-electron chi connectivity index (χ0n) is 11.3. The lowest BCUT2D eigenvalue weighted by atomic mass is 10.1. The Labute approximate surface area is 114 Å². The molecule has 0 saturated heterocycles. The van der Waals surface area contributed by atoms with Gasteiger partial charge in [-0.3, -0.25) is 9.88 Å². The second kappa shape index (κ2) is 5.51. The van der Waals surface area contributed by atoms with Crippen molar-refractivity contribution in [3.05, 3.63) is 65.0 Å². The lowest BCUT2D eigenvalue weighted by molar-refractivity contribution is 0.315. The number of nitrogens with one attached hydrogen (secondary N) is 1. The SMILES string of the molecule is CN(Cc1ccc2c(c1)CNC2)Cc1ccccn1. The standard InChI is InChI=1S/C16H19N3/c1-19(12-16-4-2-3-7-18-16)11-13-5-6-14-9-17-10-15(14)8-13/h2-8,17H,9-12H2,1H3. The van der Waals surface area contributed by atoms with Gasteiger partial charge in [0.15, 0.2) is 0 Å². The molecule has 0 spiro atoms. The predicted octanol–water partition coefficient (Wildman–Crippen LogP) is 2.32. The first-order valence-corrected chi connectivity index (χ1v) is 6.71. The molecule has 0 aliphatic carbocycles. The molecule has 1 aromatic carbocycles. The van der Waals surface area contributed by atoms with Crippen LogP contribution in [0.2, 0.25) is 0 Å². The largest absolute Gasteiger partial charge is 0.309 e. The molecule has 3 nitrogen and oxygen atoms in total. The summed E-state index contributed by atoms with van der Waals surface area (Å²) in [6.07, 6.45) is 1.85. The van der Waals surface area contributed by atoms with E-state index in [0.29, 0.717) is 0 Å². The highest BCUT2D eigenvalue weighted by molar-refractivity contribution is 5.34. The zero-order valence-corrected chi connectivity index (χ0v) is 11.3. The van der Waals surface area contributed by atoms with Crippen LogP contribution in [0.1, 0.15) is 22.4 Å². The monoisotopic (exact) mass is 253 g/mol. The summed E-state index contributed by atoms with van der Waals surface area (Å²) >= 11 is 0. The van der Waals surface area contributed by atoms with Gasteiger partial charge in [-0.05, 0) is 35.9 Å². The molecule has 0 radical (unpaired) electrons. The Morgan fingerprint density at radius 3 is 2.84 bits per heavy atom. The third kappa shape index (κ3) is 3.00. The normalized spacial score (nSPS) is 13.8. The van der Waals surface area contributed by atoms with Crippen molar-refractivity contribution in [2.24, 2.45) is 0 Å². The lowest BCUT2D eigenvalue weighted by Crippen LogP contribution is -2.18. The van der Waals surface area contributed by atoms with Crippen LogP contribution in [-0.4, -0.2) is 16.9 Å². The van der Waals surface area contributed by atoms with Crippen molar-refractivity contribution in [3.8, 4) is 0 Å². The maximum absolute atomic E-state index is 4.37. The van der Waals surface area contributed by atoms with E-state index in [-0.39, 0.29) is 0 Å². The number of pyridine rings is 1. The summed E-state index contributed by atoms with van der Waals surface area (Å²) in [7, 11) is 2.14. The first-order valence-electron chi connectivity index (χ1n) is 6.71. The maximum atomic E-state index is 4.37. The van der Waals surface area contributed by atoms with E-state index in [4.69, 9.17) is 0 Å². The van der Waals surface area contributed by atoms with Crippen LogP contribution in [0, 0.1) is 0 Å². The fourth-order valence-electron chi connectivity index (χ4n) is 2.58. The van der Waals surface area contributed by atoms with Gasteiger partial charge in [0.2, 0.25) is 0 Å². The van der Waals surface area contributed by atoms with Gasteiger partial charge in [-0.15, -0.1) is 0 Å². The van der Waals surface area contributed by atoms with Crippen LogP contribution in [0.3, 0.4) is 0 Å². The molecule has 0 fully saturated rings. The third-order valence-electron chi connectivity index (χ3n) is 3.51. The summed E-state index contributed by atoms with van der Waals surface area (Å²) in [5, 5.41) is 3.38. The average molecular weight is 253 g/mol. The van der Waals surface area contributed by atoms with Crippen LogP contribution in [-0.2, 0) is 26.2 Å². The van der Waals surface area contributed by atoms with Gasteiger partial charge >= 0.3 is 0 Å². The zero-order chi connectivity index (χ0) is 13.1. The van der Waals surface area contributed by atoms with Gasteiger partial charge in [0, 0.05) is 32.4 Å². The van der Waals surface area contributed by atoms with Gasteiger partial charge in [-0.25, -0.2) is 0 Å². The minimum Gasteiger partial charge on any atom is -0.309 e. The van der Waals surface area contributed by atoms with Crippen LogP contribution in [0.5, 0.6) is 0 Å². The number of hydrogen-bond donors (Lipinski definition) is 1. The number of nitrogens with zero attached hydrogens (tertiary/aromatic N) is 2. The van der Waals surface area contributed by atoms with E-state index in [2.05, 4.69) is 46.5 Å². The topological polar surface area (TPSA) is 28.2 Å².